The Morgan fingerprint density at radius 2 is 1.85 bits per heavy atom. The summed E-state index contributed by atoms with van der Waals surface area (Å²) in [6.45, 7) is 4.82. The third-order valence-corrected chi connectivity index (χ3v) is 5.39. The Balaban J connectivity index is 1.46. The van der Waals surface area contributed by atoms with Gasteiger partial charge in [-0.3, -0.25) is 19.3 Å². The molecule has 2 aliphatic rings. The molecule has 1 atom stereocenters. The first-order valence-corrected chi connectivity index (χ1v) is 9.74. The Kier molecular flexibility index (Phi) is 6.45. The molecule has 0 spiro atoms. The first kappa shape index (κ1) is 19.4. The minimum Gasteiger partial charge on any atom is -0.353 e. The van der Waals surface area contributed by atoms with Gasteiger partial charge in [-0.1, -0.05) is 25.1 Å². The van der Waals surface area contributed by atoms with Crippen LogP contribution in [0.25, 0.3) is 0 Å². The van der Waals surface area contributed by atoms with Gasteiger partial charge >= 0.3 is 0 Å². The van der Waals surface area contributed by atoms with Crippen LogP contribution in [0.1, 0.15) is 36.5 Å². The highest BCUT2D eigenvalue weighted by Crippen LogP contribution is 2.14. The molecular formula is C20H28N4O3. The van der Waals surface area contributed by atoms with Gasteiger partial charge in [-0.15, -0.1) is 0 Å². The maximum Gasteiger partial charge on any atom is 0.251 e. The molecule has 0 aliphatic carbocycles. The number of benzene rings is 1. The highest BCUT2D eigenvalue weighted by Gasteiger charge is 2.31. The highest BCUT2D eigenvalue weighted by atomic mass is 16.2. The fourth-order valence-corrected chi connectivity index (χ4v) is 3.80. The number of hydrogen-bond acceptors (Lipinski definition) is 4. The molecule has 2 aliphatic heterocycles. The molecule has 3 rings (SSSR count). The summed E-state index contributed by atoms with van der Waals surface area (Å²) >= 11 is 0. The topological polar surface area (TPSA) is 81.8 Å². The number of piperazine rings is 1. The number of piperidine rings is 1. The molecule has 0 aromatic heterocycles. The van der Waals surface area contributed by atoms with Crippen LogP contribution in [0.3, 0.4) is 0 Å². The molecule has 3 amide bonds. The normalized spacial score (nSPS) is 21.6. The zero-order chi connectivity index (χ0) is 19.2. The summed E-state index contributed by atoms with van der Waals surface area (Å²) in [4.78, 5) is 40.7. The smallest absolute Gasteiger partial charge is 0.251 e. The van der Waals surface area contributed by atoms with E-state index in [1.807, 2.05) is 34.9 Å². The fraction of sp³-hybridized carbons (Fsp3) is 0.550. The number of amides is 3. The molecule has 1 aromatic rings. The second-order valence-electron chi connectivity index (χ2n) is 7.18. The highest BCUT2D eigenvalue weighted by molar-refractivity contribution is 5.94. The first-order valence-electron chi connectivity index (χ1n) is 9.74. The Bertz CT molecular complexity index is 671. The Labute approximate surface area is 160 Å². The van der Waals surface area contributed by atoms with Crippen LogP contribution in [0.5, 0.6) is 0 Å². The maximum atomic E-state index is 12.7. The minimum absolute atomic E-state index is 0.0129. The second-order valence-corrected chi connectivity index (χ2v) is 7.18. The van der Waals surface area contributed by atoms with Crippen molar-refractivity contribution >= 4 is 17.7 Å². The van der Waals surface area contributed by atoms with E-state index in [9.17, 15) is 14.4 Å². The average molecular weight is 372 g/mol. The SMILES string of the molecule is CCC1C(=O)NCCN1CC(=O)N1CCC(NC(=O)c2ccccc2)CC1. The Morgan fingerprint density at radius 3 is 2.52 bits per heavy atom. The van der Waals surface area contributed by atoms with E-state index < -0.39 is 0 Å². The number of carbonyl (C=O) groups excluding carboxylic acids is 3. The van der Waals surface area contributed by atoms with Crippen molar-refractivity contribution < 1.29 is 14.4 Å². The second kappa shape index (κ2) is 8.99. The van der Waals surface area contributed by atoms with Crippen molar-refractivity contribution in [2.24, 2.45) is 0 Å². The number of carbonyl (C=O) groups is 3. The Morgan fingerprint density at radius 1 is 1.15 bits per heavy atom. The van der Waals surface area contributed by atoms with Gasteiger partial charge in [-0.05, 0) is 31.4 Å². The van der Waals surface area contributed by atoms with Gasteiger partial charge in [0.15, 0.2) is 0 Å². The molecule has 0 bridgehead atoms. The predicted octanol–water partition coefficient (Wildman–Crippen LogP) is 0.618. The van der Waals surface area contributed by atoms with E-state index in [4.69, 9.17) is 0 Å². The molecule has 2 fully saturated rings. The molecule has 2 heterocycles. The van der Waals surface area contributed by atoms with Crippen molar-refractivity contribution in [1.29, 1.82) is 0 Å². The van der Waals surface area contributed by atoms with Crippen LogP contribution >= 0.6 is 0 Å². The summed E-state index contributed by atoms with van der Waals surface area (Å²) in [6, 6.07) is 9.05. The molecular weight excluding hydrogens is 344 g/mol. The van der Waals surface area contributed by atoms with Crippen LogP contribution in [-0.4, -0.2) is 72.3 Å². The molecule has 146 valence electrons. The van der Waals surface area contributed by atoms with Crippen LogP contribution in [0.15, 0.2) is 30.3 Å². The summed E-state index contributed by atoms with van der Waals surface area (Å²) in [5.41, 5.74) is 0.657. The Hall–Kier alpha value is -2.41. The zero-order valence-electron chi connectivity index (χ0n) is 15.8. The number of likely N-dealkylation sites (tertiary alicyclic amines) is 1. The summed E-state index contributed by atoms with van der Waals surface area (Å²) < 4.78 is 0. The number of hydrogen-bond donors (Lipinski definition) is 2. The van der Waals surface area contributed by atoms with E-state index >= 15 is 0 Å². The molecule has 0 radical (unpaired) electrons. The van der Waals surface area contributed by atoms with Crippen molar-refractivity contribution in [3.8, 4) is 0 Å². The van der Waals surface area contributed by atoms with Gasteiger partial charge in [0.1, 0.15) is 0 Å². The molecule has 7 heteroatoms. The quantitative estimate of drug-likeness (QED) is 0.794. The summed E-state index contributed by atoms with van der Waals surface area (Å²) in [5, 5.41) is 5.92. The van der Waals surface area contributed by atoms with Crippen LogP contribution in [0, 0.1) is 0 Å². The van der Waals surface area contributed by atoms with Crippen molar-refractivity contribution in [1.82, 2.24) is 20.4 Å². The van der Waals surface area contributed by atoms with Gasteiger partial charge in [0, 0.05) is 37.8 Å². The first-order chi connectivity index (χ1) is 13.1. The van der Waals surface area contributed by atoms with E-state index in [-0.39, 0.29) is 36.3 Å². The summed E-state index contributed by atoms with van der Waals surface area (Å²) in [7, 11) is 0. The van der Waals surface area contributed by atoms with E-state index in [0.29, 0.717) is 38.2 Å². The van der Waals surface area contributed by atoms with E-state index in [1.165, 1.54) is 0 Å². The molecule has 2 N–H and O–H groups in total. The zero-order valence-corrected chi connectivity index (χ0v) is 15.8. The van der Waals surface area contributed by atoms with Crippen LogP contribution in [-0.2, 0) is 9.59 Å². The summed E-state index contributed by atoms with van der Waals surface area (Å²) in [6.07, 6.45) is 2.21. The van der Waals surface area contributed by atoms with Gasteiger partial charge in [0.2, 0.25) is 11.8 Å². The standard InChI is InChI=1S/C20H28N4O3/c1-2-17-20(27)21-10-13-24(17)14-18(25)23-11-8-16(9-12-23)22-19(26)15-6-4-3-5-7-15/h3-7,16-17H,2,8-14H2,1H3,(H,21,27)(H,22,26). The molecule has 7 nitrogen and oxygen atoms in total. The van der Waals surface area contributed by atoms with Crippen molar-refractivity contribution in [3.63, 3.8) is 0 Å². The van der Waals surface area contributed by atoms with Crippen molar-refractivity contribution in [3.05, 3.63) is 35.9 Å². The van der Waals surface area contributed by atoms with E-state index in [2.05, 4.69) is 10.6 Å². The fourth-order valence-electron chi connectivity index (χ4n) is 3.80. The van der Waals surface area contributed by atoms with Crippen LogP contribution in [0.2, 0.25) is 0 Å². The maximum absolute atomic E-state index is 12.7. The molecule has 1 unspecified atom stereocenters. The van der Waals surface area contributed by atoms with E-state index in [1.54, 1.807) is 12.1 Å². The predicted molar refractivity (Wildman–Crippen MR) is 102 cm³/mol. The largest absolute Gasteiger partial charge is 0.353 e. The van der Waals surface area contributed by atoms with Gasteiger partial charge in [-0.2, -0.15) is 0 Å². The minimum atomic E-state index is -0.217. The van der Waals surface area contributed by atoms with Gasteiger partial charge in [0.05, 0.1) is 12.6 Å². The molecule has 0 saturated carbocycles. The van der Waals surface area contributed by atoms with Crippen LogP contribution in [0.4, 0.5) is 0 Å². The lowest BCUT2D eigenvalue weighted by Gasteiger charge is -2.37. The summed E-state index contributed by atoms with van der Waals surface area (Å²) in [5.74, 6) is 0.0142. The van der Waals surface area contributed by atoms with Crippen molar-refractivity contribution in [2.75, 3.05) is 32.7 Å². The number of nitrogens with one attached hydrogen (secondary N) is 2. The van der Waals surface area contributed by atoms with E-state index in [0.717, 1.165) is 12.8 Å². The molecule has 2 saturated heterocycles. The van der Waals surface area contributed by atoms with Crippen LogP contribution < -0.4 is 10.6 Å². The van der Waals surface area contributed by atoms with Gasteiger partial charge < -0.3 is 15.5 Å². The monoisotopic (exact) mass is 372 g/mol. The lowest BCUT2D eigenvalue weighted by Crippen LogP contribution is -2.58. The van der Waals surface area contributed by atoms with Gasteiger partial charge in [-0.25, -0.2) is 0 Å². The van der Waals surface area contributed by atoms with Crippen molar-refractivity contribution in [2.45, 2.75) is 38.3 Å². The molecule has 1 aromatic carbocycles. The lowest BCUT2D eigenvalue weighted by atomic mass is 10.0. The third-order valence-electron chi connectivity index (χ3n) is 5.39. The third kappa shape index (κ3) is 4.86. The number of rotatable bonds is 5. The number of nitrogens with zero attached hydrogens (tertiary/aromatic N) is 2. The van der Waals surface area contributed by atoms with Gasteiger partial charge in [0.25, 0.3) is 5.91 Å². The molecule has 27 heavy (non-hydrogen) atoms. The lowest BCUT2D eigenvalue weighted by molar-refractivity contribution is -0.137. The average Bonchev–Trinajstić information content (AvgIpc) is 2.69.